The number of carbonyl (C=O) groups is 1. The van der Waals surface area contributed by atoms with E-state index in [2.05, 4.69) is 9.88 Å². The summed E-state index contributed by atoms with van der Waals surface area (Å²) in [5.41, 5.74) is 1.85. The van der Waals surface area contributed by atoms with E-state index in [4.69, 9.17) is 0 Å². The fourth-order valence-electron chi connectivity index (χ4n) is 2.85. The van der Waals surface area contributed by atoms with Crippen molar-refractivity contribution in [2.75, 3.05) is 23.4 Å². The van der Waals surface area contributed by atoms with Crippen LogP contribution < -0.4 is 9.80 Å². The number of rotatable bonds is 1. The molecule has 2 aromatic rings. The van der Waals surface area contributed by atoms with Crippen LogP contribution in [-0.2, 0) is 0 Å². The number of amides is 1. The lowest BCUT2D eigenvalue weighted by atomic mass is 10.1. The van der Waals surface area contributed by atoms with Gasteiger partial charge in [0.1, 0.15) is 0 Å². The molecule has 0 bridgehead atoms. The maximum atomic E-state index is 14.0. The van der Waals surface area contributed by atoms with Crippen molar-refractivity contribution in [2.24, 2.45) is 0 Å². The van der Waals surface area contributed by atoms with Gasteiger partial charge in [-0.25, -0.2) is 4.39 Å². The molecule has 5 heteroatoms. The zero-order chi connectivity index (χ0) is 15.7. The lowest BCUT2D eigenvalue weighted by Gasteiger charge is -2.28. The molecule has 0 radical (unpaired) electrons. The van der Waals surface area contributed by atoms with Crippen LogP contribution in [0.2, 0.25) is 0 Å². The Labute approximate surface area is 129 Å². The Kier molecular flexibility index (Phi) is 3.79. The highest BCUT2D eigenvalue weighted by Gasteiger charge is 2.30. The summed E-state index contributed by atoms with van der Waals surface area (Å²) >= 11 is 0. The highest BCUT2D eigenvalue weighted by Crippen LogP contribution is 2.34. The molecule has 0 unspecified atom stereocenters. The Morgan fingerprint density at radius 3 is 2.73 bits per heavy atom. The van der Waals surface area contributed by atoms with E-state index in [9.17, 15) is 9.18 Å². The third kappa shape index (κ3) is 2.43. The quantitative estimate of drug-likeness (QED) is 0.812. The van der Waals surface area contributed by atoms with Crippen LogP contribution in [0.1, 0.15) is 23.7 Å². The summed E-state index contributed by atoms with van der Waals surface area (Å²) in [4.78, 5) is 20.4. The standard InChI is InChI=1S/C17H18FN3O/c1-12-8-10-20(2)15-5-3-4-6-16(15)21(12)17(22)13-7-9-19-11-14(13)18/h3-7,9,11-12H,8,10H2,1-2H3/t12-/m0/s1. The normalized spacial score (nSPS) is 17.9. The van der Waals surface area contributed by atoms with Gasteiger partial charge in [0.2, 0.25) is 0 Å². The number of anilines is 2. The van der Waals surface area contributed by atoms with Gasteiger partial charge in [0.05, 0.1) is 23.1 Å². The van der Waals surface area contributed by atoms with E-state index in [1.807, 2.05) is 38.2 Å². The van der Waals surface area contributed by atoms with Gasteiger partial charge in [-0.1, -0.05) is 12.1 Å². The SMILES string of the molecule is C[C@H]1CCN(C)c2ccccc2N1C(=O)c1ccncc1F. The van der Waals surface area contributed by atoms with E-state index in [-0.39, 0.29) is 17.5 Å². The topological polar surface area (TPSA) is 36.4 Å². The smallest absolute Gasteiger partial charge is 0.261 e. The van der Waals surface area contributed by atoms with E-state index in [0.29, 0.717) is 0 Å². The van der Waals surface area contributed by atoms with E-state index in [1.54, 1.807) is 4.90 Å². The van der Waals surface area contributed by atoms with Crippen LogP contribution in [0, 0.1) is 5.82 Å². The summed E-state index contributed by atoms with van der Waals surface area (Å²) in [5.74, 6) is -0.912. The third-order valence-electron chi connectivity index (χ3n) is 4.10. The molecule has 1 aliphatic heterocycles. The van der Waals surface area contributed by atoms with Gasteiger partial charge < -0.3 is 9.80 Å². The third-order valence-corrected chi connectivity index (χ3v) is 4.10. The first kappa shape index (κ1) is 14.5. The minimum atomic E-state index is -0.588. The number of para-hydroxylation sites is 2. The Balaban J connectivity index is 2.10. The Morgan fingerprint density at radius 2 is 2.00 bits per heavy atom. The molecule has 22 heavy (non-hydrogen) atoms. The fraction of sp³-hybridized carbons (Fsp3) is 0.294. The summed E-state index contributed by atoms with van der Waals surface area (Å²) in [6, 6.07) is 9.16. The number of hydrogen-bond donors (Lipinski definition) is 0. The number of carbonyl (C=O) groups excluding carboxylic acids is 1. The number of pyridine rings is 1. The molecule has 0 saturated carbocycles. The Hall–Kier alpha value is -2.43. The van der Waals surface area contributed by atoms with Crippen LogP contribution in [0.5, 0.6) is 0 Å². The number of fused-ring (bicyclic) bond motifs is 1. The molecule has 0 N–H and O–H groups in total. The van der Waals surface area contributed by atoms with Gasteiger partial charge in [-0.3, -0.25) is 9.78 Å². The molecule has 0 fully saturated rings. The number of benzene rings is 1. The molecule has 0 saturated heterocycles. The molecule has 0 aliphatic carbocycles. The van der Waals surface area contributed by atoms with Gasteiger partial charge in [0, 0.05) is 25.8 Å². The van der Waals surface area contributed by atoms with Gasteiger partial charge in [0.25, 0.3) is 5.91 Å². The summed E-state index contributed by atoms with van der Waals surface area (Å²) in [5, 5.41) is 0. The predicted octanol–water partition coefficient (Wildman–Crippen LogP) is 3.10. The average Bonchev–Trinajstić information content (AvgIpc) is 2.65. The lowest BCUT2D eigenvalue weighted by Crippen LogP contribution is -2.39. The Morgan fingerprint density at radius 1 is 1.27 bits per heavy atom. The van der Waals surface area contributed by atoms with Crippen molar-refractivity contribution in [1.82, 2.24) is 4.98 Å². The second-order valence-corrected chi connectivity index (χ2v) is 5.58. The molecule has 1 aromatic carbocycles. The second kappa shape index (κ2) is 5.75. The fourth-order valence-corrected chi connectivity index (χ4v) is 2.85. The minimum Gasteiger partial charge on any atom is -0.373 e. The van der Waals surface area contributed by atoms with Crippen LogP contribution in [-0.4, -0.2) is 30.5 Å². The van der Waals surface area contributed by atoms with Crippen molar-refractivity contribution in [1.29, 1.82) is 0 Å². The summed E-state index contributed by atoms with van der Waals surface area (Å²) in [6.07, 6.45) is 3.34. The lowest BCUT2D eigenvalue weighted by molar-refractivity contribution is 0.0974. The Bertz CT molecular complexity index is 704. The first-order chi connectivity index (χ1) is 10.6. The van der Waals surface area contributed by atoms with E-state index >= 15 is 0 Å². The zero-order valence-electron chi connectivity index (χ0n) is 12.7. The molecule has 2 heterocycles. The molecule has 114 valence electrons. The van der Waals surface area contributed by atoms with Crippen LogP contribution in [0.15, 0.2) is 42.7 Å². The number of hydrogen-bond acceptors (Lipinski definition) is 3. The predicted molar refractivity (Wildman–Crippen MR) is 84.8 cm³/mol. The molecule has 4 nitrogen and oxygen atoms in total. The van der Waals surface area contributed by atoms with Crippen LogP contribution in [0.25, 0.3) is 0 Å². The molecule has 1 aliphatic rings. The molecule has 0 spiro atoms. The summed E-state index contributed by atoms with van der Waals surface area (Å²) in [7, 11) is 2.01. The monoisotopic (exact) mass is 299 g/mol. The first-order valence-corrected chi connectivity index (χ1v) is 7.33. The molecule has 1 amide bonds. The van der Waals surface area contributed by atoms with Gasteiger partial charge >= 0.3 is 0 Å². The molecular weight excluding hydrogens is 281 g/mol. The number of nitrogens with zero attached hydrogens (tertiary/aromatic N) is 3. The molecule has 1 aromatic heterocycles. The minimum absolute atomic E-state index is 0.00818. The van der Waals surface area contributed by atoms with E-state index in [1.165, 1.54) is 12.3 Å². The van der Waals surface area contributed by atoms with Crippen molar-refractivity contribution in [2.45, 2.75) is 19.4 Å². The van der Waals surface area contributed by atoms with Crippen molar-refractivity contribution in [3.05, 3.63) is 54.1 Å². The van der Waals surface area contributed by atoms with E-state index in [0.717, 1.165) is 30.5 Å². The molecular formula is C17H18FN3O. The number of halogens is 1. The molecule has 3 rings (SSSR count). The summed E-state index contributed by atoms with van der Waals surface area (Å²) < 4.78 is 14.0. The van der Waals surface area contributed by atoms with Crippen LogP contribution in [0.3, 0.4) is 0 Å². The maximum Gasteiger partial charge on any atom is 0.261 e. The van der Waals surface area contributed by atoms with E-state index < -0.39 is 5.82 Å². The van der Waals surface area contributed by atoms with Crippen molar-refractivity contribution < 1.29 is 9.18 Å². The van der Waals surface area contributed by atoms with Crippen molar-refractivity contribution in [3.8, 4) is 0 Å². The molecule has 1 atom stereocenters. The highest BCUT2D eigenvalue weighted by atomic mass is 19.1. The largest absolute Gasteiger partial charge is 0.373 e. The van der Waals surface area contributed by atoms with Crippen molar-refractivity contribution >= 4 is 17.3 Å². The zero-order valence-corrected chi connectivity index (χ0v) is 12.7. The average molecular weight is 299 g/mol. The second-order valence-electron chi connectivity index (χ2n) is 5.58. The van der Waals surface area contributed by atoms with Crippen molar-refractivity contribution in [3.63, 3.8) is 0 Å². The van der Waals surface area contributed by atoms with Gasteiger partial charge in [-0.15, -0.1) is 0 Å². The maximum absolute atomic E-state index is 14.0. The van der Waals surface area contributed by atoms with Gasteiger partial charge in [0.15, 0.2) is 5.82 Å². The summed E-state index contributed by atoms with van der Waals surface area (Å²) in [6.45, 7) is 2.84. The van der Waals surface area contributed by atoms with Gasteiger partial charge in [-0.05, 0) is 31.5 Å². The first-order valence-electron chi connectivity index (χ1n) is 7.33. The number of aromatic nitrogens is 1. The highest BCUT2D eigenvalue weighted by molar-refractivity contribution is 6.08. The van der Waals surface area contributed by atoms with Crippen LogP contribution >= 0.6 is 0 Å². The van der Waals surface area contributed by atoms with Gasteiger partial charge in [-0.2, -0.15) is 0 Å². The van der Waals surface area contributed by atoms with Crippen LogP contribution in [0.4, 0.5) is 15.8 Å².